The van der Waals surface area contributed by atoms with E-state index in [1.807, 2.05) is 6.07 Å². The van der Waals surface area contributed by atoms with Crippen LogP contribution in [0.25, 0.3) is 10.8 Å². The van der Waals surface area contributed by atoms with E-state index in [2.05, 4.69) is 0 Å². The van der Waals surface area contributed by atoms with Crippen molar-refractivity contribution in [2.75, 3.05) is 4.90 Å². The molecular formula is C25H15NO4. The van der Waals surface area contributed by atoms with Gasteiger partial charge in [0.15, 0.2) is 5.78 Å². The molecule has 1 aliphatic rings. The monoisotopic (exact) mass is 393 g/mol. The number of hydrogen-bond donors (Lipinski definition) is 1. The molecule has 2 amide bonds. The third-order valence-corrected chi connectivity index (χ3v) is 5.32. The highest BCUT2D eigenvalue weighted by Crippen LogP contribution is 2.35. The average molecular weight is 393 g/mol. The average Bonchev–Trinajstić information content (AvgIpc) is 2.78. The molecule has 4 aromatic rings. The molecule has 0 atom stereocenters. The highest BCUT2D eigenvalue weighted by Gasteiger charge is 2.34. The molecule has 0 unspecified atom stereocenters. The third kappa shape index (κ3) is 2.53. The first-order chi connectivity index (χ1) is 14.6. The van der Waals surface area contributed by atoms with Crippen molar-refractivity contribution in [3.63, 3.8) is 0 Å². The summed E-state index contributed by atoms with van der Waals surface area (Å²) in [6.45, 7) is 0. The first-order valence-corrected chi connectivity index (χ1v) is 9.40. The maximum Gasteiger partial charge on any atom is 0.265 e. The van der Waals surface area contributed by atoms with Crippen molar-refractivity contribution >= 4 is 34.1 Å². The van der Waals surface area contributed by atoms with Crippen LogP contribution >= 0.6 is 0 Å². The number of rotatable bonds is 3. The highest BCUT2D eigenvalue weighted by molar-refractivity contribution is 6.37. The normalized spacial score (nSPS) is 13.0. The Balaban J connectivity index is 1.72. The van der Waals surface area contributed by atoms with Crippen LogP contribution in [0, 0.1) is 0 Å². The molecule has 1 heterocycles. The van der Waals surface area contributed by atoms with Crippen LogP contribution in [0.15, 0.2) is 84.9 Å². The van der Waals surface area contributed by atoms with Gasteiger partial charge in [-0.1, -0.05) is 42.5 Å². The molecule has 0 spiro atoms. The Morgan fingerprint density at radius 2 is 1.33 bits per heavy atom. The van der Waals surface area contributed by atoms with Crippen molar-refractivity contribution in [3.05, 3.63) is 107 Å². The number of imide groups is 1. The van der Waals surface area contributed by atoms with Crippen molar-refractivity contribution in [3.8, 4) is 5.75 Å². The number of phenolic OH excluding ortho intramolecular Hbond substituents is 1. The summed E-state index contributed by atoms with van der Waals surface area (Å²) in [4.78, 5) is 40.7. The Morgan fingerprint density at radius 1 is 0.667 bits per heavy atom. The summed E-state index contributed by atoms with van der Waals surface area (Å²) in [5.74, 6) is -1.36. The summed E-state index contributed by atoms with van der Waals surface area (Å²) >= 11 is 0. The Hall–Kier alpha value is -4.25. The Labute approximate surface area is 171 Å². The van der Waals surface area contributed by atoms with E-state index in [9.17, 15) is 19.5 Å². The van der Waals surface area contributed by atoms with Crippen molar-refractivity contribution in [2.24, 2.45) is 0 Å². The largest absolute Gasteiger partial charge is 0.507 e. The number of amides is 2. The molecule has 0 radical (unpaired) electrons. The third-order valence-electron chi connectivity index (χ3n) is 5.32. The van der Waals surface area contributed by atoms with E-state index < -0.39 is 11.8 Å². The summed E-state index contributed by atoms with van der Waals surface area (Å²) in [7, 11) is 0. The van der Waals surface area contributed by atoms with Crippen molar-refractivity contribution in [2.45, 2.75) is 0 Å². The van der Waals surface area contributed by atoms with E-state index in [1.54, 1.807) is 72.8 Å². The zero-order valence-electron chi connectivity index (χ0n) is 15.7. The quantitative estimate of drug-likeness (QED) is 0.408. The number of carbonyl (C=O) groups excluding carboxylic acids is 3. The van der Waals surface area contributed by atoms with Crippen LogP contribution in [0.3, 0.4) is 0 Å². The Morgan fingerprint density at radius 3 is 2.07 bits per heavy atom. The molecule has 144 valence electrons. The molecule has 0 fully saturated rings. The standard InChI is InChI=1S/C25H15NO4/c27-21-12-5-4-9-18(21)23(28)17-13-14-20-22-16(17)10-6-11-19(22)24(29)26(25(20)30)15-7-2-1-3-8-15/h1-14,27H. The van der Waals surface area contributed by atoms with Gasteiger partial charge in [0.25, 0.3) is 11.8 Å². The maximum atomic E-state index is 13.2. The second kappa shape index (κ2) is 6.67. The minimum Gasteiger partial charge on any atom is -0.507 e. The predicted molar refractivity (Wildman–Crippen MR) is 113 cm³/mol. The number of anilines is 1. The number of nitrogens with zero attached hydrogens (tertiary/aromatic N) is 1. The lowest BCUT2D eigenvalue weighted by Crippen LogP contribution is -2.40. The lowest BCUT2D eigenvalue weighted by atomic mass is 9.88. The van der Waals surface area contributed by atoms with Gasteiger partial charge in [-0.25, -0.2) is 4.90 Å². The fraction of sp³-hybridized carbons (Fsp3) is 0. The summed E-state index contributed by atoms with van der Waals surface area (Å²) in [6.07, 6.45) is 0. The van der Waals surface area contributed by atoms with Gasteiger partial charge in [-0.15, -0.1) is 0 Å². The molecule has 0 saturated carbocycles. The van der Waals surface area contributed by atoms with Crippen LogP contribution in [-0.2, 0) is 0 Å². The Bertz CT molecular complexity index is 1340. The predicted octanol–water partition coefficient (Wildman–Crippen LogP) is 4.58. The molecule has 5 nitrogen and oxygen atoms in total. The summed E-state index contributed by atoms with van der Waals surface area (Å²) < 4.78 is 0. The number of para-hydroxylation sites is 2. The van der Waals surface area contributed by atoms with Crippen LogP contribution in [-0.4, -0.2) is 22.7 Å². The summed E-state index contributed by atoms with van der Waals surface area (Å²) in [5.41, 5.74) is 1.70. The first kappa shape index (κ1) is 17.8. The van der Waals surface area contributed by atoms with Crippen LogP contribution < -0.4 is 4.90 Å². The number of carbonyl (C=O) groups is 3. The molecule has 30 heavy (non-hydrogen) atoms. The fourth-order valence-corrected chi connectivity index (χ4v) is 3.92. The smallest absolute Gasteiger partial charge is 0.265 e. The number of ketones is 1. The van der Waals surface area contributed by atoms with Gasteiger partial charge in [-0.3, -0.25) is 14.4 Å². The van der Waals surface area contributed by atoms with E-state index in [4.69, 9.17) is 0 Å². The molecule has 0 saturated heterocycles. The van der Waals surface area contributed by atoms with Gasteiger partial charge in [0, 0.05) is 22.1 Å². The summed E-state index contributed by atoms with van der Waals surface area (Å²) in [5, 5.41) is 11.1. The molecule has 0 aromatic heterocycles. The van der Waals surface area contributed by atoms with Gasteiger partial charge in [-0.2, -0.15) is 0 Å². The first-order valence-electron chi connectivity index (χ1n) is 9.40. The van der Waals surface area contributed by atoms with E-state index in [-0.39, 0.29) is 17.1 Å². The maximum absolute atomic E-state index is 13.2. The molecule has 1 aliphatic heterocycles. The highest BCUT2D eigenvalue weighted by atomic mass is 16.3. The van der Waals surface area contributed by atoms with Crippen molar-refractivity contribution in [1.82, 2.24) is 0 Å². The minimum absolute atomic E-state index is 0.120. The van der Waals surface area contributed by atoms with E-state index in [0.717, 1.165) is 4.90 Å². The van der Waals surface area contributed by atoms with Crippen molar-refractivity contribution < 1.29 is 19.5 Å². The fourth-order valence-electron chi connectivity index (χ4n) is 3.92. The molecule has 4 aromatic carbocycles. The topological polar surface area (TPSA) is 74.7 Å². The van der Waals surface area contributed by atoms with Crippen molar-refractivity contribution in [1.29, 1.82) is 0 Å². The van der Waals surface area contributed by atoms with Gasteiger partial charge < -0.3 is 5.11 Å². The Kier molecular flexibility index (Phi) is 3.96. The zero-order chi connectivity index (χ0) is 20.8. The number of aromatic hydroxyl groups is 1. The van der Waals surface area contributed by atoms with Gasteiger partial charge in [0.2, 0.25) is 0 Å². The van der Waals surface area contributed by atoms with E-state index in [1.165, 1.54) is 6.07 Å². The molecule has 1 N–H and O–H groups in total. The molecular weight excluding hydrogens is 378 g/mol. The lowest BCUT2D eigenvalue weighted by Gasteiger charge is -2.27. The van der Waals surface area contributed by atoms with Crippen LogP contribution in [0.4, 0.5) is 5.69 Å². The molecule has 5 heteroatoms. The van der Waals surface area contributed by atoms with E-state index >= 15 is 0 Å². The van der Waals surface area contributed by atoms with Gasteiger partial charge >= 0.3 is 0 Å². The van der Waals surface area contributed by atoms with Gasteiger partial charge in [0.1, 0.15) is 5.75 Å². The minimum atomic E-state index is -0.434. The number of phenols is 1. The summed E-state index contributed by atoms with van der Waals surface area (Å²) in [6, 6.07) is 23.3. The van der Waals surface area contributed by atoms with E-state index in [0.29, 0.717) is 33.2 Å². The number of hydrogen-bond acceptors (Lipinski definition) is 4. The van der Waals surface area contributed by atoms with Crippen LogP contribution in [0.2, 0.25) is 0 Å². The molecule has 0 bridgehead atoms. The van der Waals surface area contributed by atoms with Gasteiger partial charge in [-0.05, 0) is 47.9 Å². The molecule has 0 aliphatic carbocycles. The van der Waals surface area contributed by atoms with Crippen LogP contribution in [0.5, 0.6) is 5.75 Å². The SMILES string of the molecule is O=C(c1ccccc1O)c1ccc2c3c(cccc13)C(=O)N(c1ccccc1)C2=O. The van der Waals surface area contributed by atoms with Gasteiger partial charge in [0.05, 0.1) is 11.3 Å². The second-order valence-electron chi connectivity index (χ2n) is 7.02. The van der Waals surface area contributed by atoms with Crippen LogP contribution in [0.1, 0.15) is 36.6 Å². The second-order valence-corrected chi connectivity index (χ2v) is 7.02. The zero-order valence-corrected chi connectivity index (χ0v) is 15.7. The number of benzene rings is 4. The molecule has 5 rings (SSSR count). The lowest BCUT2D eigenvalue weighted by molar-refractivity contribution is 0.0892.